The fraction of sp³-hybridized carbons (Fsp3) is 0.643. The number of esters is 3. The van der Waals surface area contributed by atoms with Gasteiger partial charge in [-0.3, -0.25) is 14.4 Å². The second-order valence-electron chi connectivity index (χ2n) is 5.33. The lowest BCUT2D eigenvalue weighted by molar-refractivity contribution is -0.297. The molecule has 0 saturated carbocycles. The van der Waals surface area contributed by atoms with Crippen LogP contribution in [-0.2, 0) is 33.3 Å². The predicted octanol–water partition coefficient (Wildman–Crippen LogP) is -0.437. The third kappa shape index (κ3) is 4.51. The Morgan fingerprint density at radius 2 is 1.44 bits per heavy atom. The first-order valence-corrected chi connectivity index (χ1v) is 7.34. The lowest BCUT2D eigenvalue weighted by Crippen LogP contribution is -2.58. The van der Waals surface area contributed by atoms with Gasteiger partial charge < -0.3 is 28.5 Å². The number of aliphatic hydroxyl groups is 1. The second kappa shape index (κ2) is 7.57. The van der Waals surface area contributed by atoms with E-state index in [9.17, 15) is 19.5 Å². The van der Waals surface area contributed by atoms with Gasteiger partial charge in [-0.2, -0.15) is 0 Å². The topological polar surface area (TPSA) is 147 Å². The highest BCUT2D eigenvalue weighted by Gasteiger charge is 2.53. The van der Waals surface area contributed by atoms with Crippen molar-refractivity contribution in [3.05, 3.63) is 11.8 Å². The standard InChI is InChI=1S/C14H18N2O9/c1-5-15-16-13(21-5)11-9(22-6(2)17)10(23-7(3)18)12(14(20)25-11)24-8(4)19/h9-12,14,20H,1-4H3/t9-,10-,11?,12+,14?/m0/s1. The summed E-state index contributed by atoms with van der Waals surface area (Å²) >= 11 is 0. The number of nitrogens with zero attached hydrogens (tertiary/aromatic N) is 2. The molecule has 1 aliphatic rings. The predicted molar refractivity (Wildman–Crippen MR) is 75.5 cm³/mol. The fourth-order valence-electron chi connectivity index (χ4n) is 2.42. The average molecular weight is 358 g/mol. The molecule has 5 atom stereocenters. The molecule has 0 aliphatic carbocycles. The Morgan fingerprint density at radius 1 is 0.920 bits per heavy atom. The van der Waals surface area contributed by atoms with E-state index in [1.807, 2.05) is 0 Å². The van der Waals surface area contributed by atoms with Crippen LogP contribution in [0.2, 0.25) is 0 Å². The second-order valence-corrected chi connectivity index (χ2v) is 5.33. The summed E-state index contributed by atoms with van der Waals surface area (Å²) in [5.74, 6) is -2.10. The van der Waals surface area contributed by atoms with Crippen molar-refractivity contribution in [2.24, 2.45) is 0 Å². The average Bonchev–Trinajstić information content (AvgIpc) is 2.90. The van der Waals surface area contributed by atoms with Gasteiger partial charge in [-0.05, 0) is 0 Å². The minimum absolute atomic E-state index is 0.0961. The smallest absolute Gasteiger partial charge is 0.303 e. The Balaban J connectivity index is 2.42. The molecule has 11 nitrogen and oxygen atoms in total. The van der Waals surface area contributed by atoms with Crippen LogP contribution >= 0.6 is 0 Å². The van der Waals surface area contributed by atoms with Crippen molar-refractivity contribution in [2.45, 2.75) is 58.4 Å². The van der Waals surface area contributed by atoms with Gasteiger partial charge in [0.05, 0.1) is 0 Å². The molecule has 138 valence electrons. The first kappa shape index (κ1) is 18.8. The highest BCUT2D eigenvalue weighted by atomic mass is 16.7. The molecule has 2 unspecified atom stereocenters. The molecule has 0 aromatic carbocycles. The summed E-state index contributed by atoms with van der Waals surface area (Å²) in [6.07, 6.45) is -6.94. The van der Waals surface area contributed by atoms with Crippen molar-refractivity contribution in [1.82, 2.24) is 10.2 Å². The van der Waals surface area contributed by atoms with E-state index >= 15 is 0 Å². The summed E-state index contributed by atoms with van der Waals surface area (Å²) in [6.45, 7) is 4.88. The summed E-state index contributed by atoms with van der Waals surface area (Å²) in [4.78, 5) is 34.2. The number of carbonyl (C=O) groups excluding carboxylic acids is 3. The lowest BCUT2D eigenvalue weighted by Gasteiger charge is -2.41. The van der Waals surface area contributed by atoms with Crippen LogP contribution < -0.4 is 0 Å². The van der Waals surface area contributed by atoms with Crippen LogP contribution in [0, 0.1) is 6.92 Å². The molecule has 1 N–H and O–H groups in total. The van der Waals surface area contributed by atoms with Crippen LogP contribution in [0.5, 0.6) is 0 Å². The molecule has 1 aromatic rings. The molecule has 1 saturated heterocycles. The van der Waals surface area contributed by atoms with Gasteiger partial charge in [0.2, 0.25) is 11.8 Å². The van der Waals surface area contributed by atoms with E-state index in [4.69, 9.17) is 23.4 Å². The Hall–Kier alpha value is -2.53. The van der Waals surface area contributed by atoms with E-state index in [2.05, 4.69) is 10.2 Å². The summed E-state index contributed by atoms with van der Waals surface area (Å²) in [6, 6.07) is 0. The maximum absolute atomic E-state index is 11.5. The molecular formula is C14H18N2O9. The van der Waals surface area contributed by atoms with Crippen molar-refractivity contribution >= 4 is 17.9 Å². The molecule has 0 bridgehead atoms. The largest absolute Gasteiger partial charge is 0.455 e. The number of carbonyl (C=O) groups is 3. The zero-order chi connectivity index (χ0) is 18.7. The van der Waals surface area contributed by atoms with E-state index in [0.717, 1.165) is 20.8 Å². The van der Waals surface area contributed by atoms with E-state index in [0.29, 0.717) is 0 Å². The summed E-state index contributed by atoms with van der Waals surface area (Å²) in [7, 11) is 0. The summed E-state index contributed by atoms with van der Waals surface area (Å²) in [5.41, 5.74) is 0. The van der Waals surface area contributed by atoms with E-state index in [-0.39, 0.29) is 11.8 Å². The maximum atomic E-state index is 11.5. The minimum Gasteiger partial charge on any atom is -0.455 e. The van der Waals surface area contributed by atoms with Gasteiger partial charge >= 0.3 is 17.9 Å². The number of hydrogen-bond acceptors (Lipinski definition) is 11. The quantitative estimate of drug-likeness (QED) is 0.551. The number of aryl methyl sites for hydroxylation is 1. The normalized spacial score (nSPS) is 28.9. The SMILES string of the molecule is CC(=O)O[C@H]1[C@H](OC(C)=O)C(c2nnc(C)o2)OC(O)[C@@H]1OC(C)=O. The molecule has 2 rings (SSSR count). The summed E-state index contributed by atoms with van der Waals surface area (Å²) < 4.78 is 25.9. The first-order chi connectivity index (χ1) is 11.7. The van der Waals surface area contributed by atoms with Gasteiger partial charge in [0.25, 0.3) is 0 Å². The molecule has 25 heavy (non-hydrogen) atoms. The van der Waals surface area contributed by atoms with Gasteiger partial charge in [-0.25, -0.2) is 0 Å². The lowest BCUT2D eigenvalue weighted by atomic mass is 9.97. The number of aromatic nitrogens is 2. The molecule has 0 spiro atoms. The van der Waals surface area contributed by atoms with Crippen LogP contribution in [0.1, 0.15) is 38.7 Å². The zero-order valence-electron chi connectivity index (χ0n) is 14.0. The van der Waals surface area contributed by atoms with Crippen molar-refractivity contribution in [3.8, 4) is 0 Å². The third-order valence-corrected chi connectivity index (χ3v) is 3.20. The highest BCUT2D eigenvalue weighted by Crippen LogP contribution is 2.36. The van der Waals surface area contributed by atoms with Gasteiger partial charge in [-0.15, -0.1) is 10.2 Å². The van der Waals surface area contributed by atoms with Gasteiger partial charge in [0.1, 0.15) is 0 Å². The van der Waals surface area contributed by atoms with Gasteiger partial charge in [0.15, 0.2) is 30.7 Å². The van der Waals surface area contributed by atoms with Gasteiger partial charge in [-0.1, -0.05) is 0 Å². The fourth-order valence-corrected chi connectivity index (χ4v) is 2.42. The van der Waals surface area contributed by atoms with E-state index < -0.39 is 48.6 Å². The third-order valence-electron chi connectivity index (χ3n) is 3.20. The first-order valence-electron chi connectivity index (χ1n) is 7.34. The molecule has 2 heterocycles. The van der Waals surface area contributed by atoms with Crippen molar-refractivity contribution in [1.29, 1.82) is 0 Å². The number of ether oxygens (including phenoxy) is 4. The monoisotopic (exact) mass is 358 g/mol. The molecular weight excluding hydrogens is 340 g/mol. The van der Waals surface area contributed by atoms with Crippen molar-refractivity contribution in [2.75, 3.05) is 0 Å². The summed E-state index contributed by atoms with van der Waals surface area (Å²) in [5, 5.41) is 17.6. The van der Waals surface area contributed by atoms with Crippen molar-refractivity contribution < 1.29 is 42.9 Å². The number of rotatable bonds is 4. The van der Waals surface area contributed by atoms with Crippen LogP contribution in [-0.4, -0.2) is 57.8 Å². The highest BCUT2D eigenvalue weighted by molar-refractivity contribution is 5.68. The van der Waals surface area contributed by atoms with E-state index in [1.165, 1.54) is 6.92 Å². The molecule has 1 aliphatic heterocycles. The van der Waals surface area contributed by atoms with Crippen LogP contribution in [0.3, 0.4) is 0 Å². The molecule has 1 aromatic heterocycles. The number of hydrogen-bond donors (Lipinski definition) is 1. The van der Waals surface area contributed by atoms with Crippen LogP contribution in [0.4, 0.5) is 0 Å². The zero-order valence-corrected chi connectivity index (χ0v) is 14.0. The van der Waals surface area contributed by atoms with Crippen LogP contribution in [0.15, 0.2) is 4.42 Å². The number of aliphatic hydroxyl groups excluding tert-OH is 1. The van der Waals surface area contributed by atoms with Crippen LogP contribution in [0.25, 0.3) is 0 Å². The maximum Gasteiger partial charge on any atom is 0.303 e. The van der Waals surface area contributed by atoms with E-state index in [1.54, 1.807) is 0 Å². The van der Waals surface area contributed by atoms with Crippen molar-refractivity contribution in [3.63, 3.8) is 0 Å². The Morgan fingerprint density at radius 3 is 1.92 bits per heavy atom. The minimum atomic E-state index is -1.68. The Labute approximate surface area is 142 Å². The Kier molecular flexibility index (Phi) is 5.69. The molecule has 0 amide bonds. The Bertz CT molecular complexity index is 658. The van der Waals surface area contributed by atoms with Gasteiger partial charge in [0, 0.05) is 27.7 Å². The molecule has 1 fully saturated rings. The molecule has 0 radical (unpaired) electrons. The molecule has 11 heteroatoms.